The topological polar surface area (TPSA) is 61.7 Å². The molecule has 0 bridgehead atoms. The van der Waals surface area contributed by atoms with Crippen LogP contribution in [0.2, 0.25) is 0 Å². The lowest BCUT2D eigenvalue weighted by Gasteiger charge is -2.10. The minimum Gasteiger partial charge on any atom is -0.411 e. The summed E-state index contributed by atoms with van der Waals surface area (Å²) in [6.45, 7) is 5.56. The highest BCUT2D eigenvalue weighted by molar-refractivity contribution is 6.06. The molecule has 0 spiro atoms. The molecular formula is C17H18N2O2. The summed E-state index contributed by atoms with van der Waals surface area (Å²) in [6.07, 6.45) is 0. The lowest BCUT2D eigenvalue weighted by Crippen LogP contribution is -2.15. The number of oxime groups is 1. The summed E-state index contributed by atoms with van der Waals surface area (Å²) in [5, 5.41) is 14.8. The molecule has 4 heteroatoms. The molecule has 2 aromatic rings. The van der Waals surface area contributed by atoms with Crippen LogP contribution in [0, 0.1) is 13.8 Å². The summed E-state index contributed by atoms with van der Waals surface area (Å²) >= 11 is 0. The zero-order valence-corrected chi connectivity index (χ0v) is 12.3. The maximum Gasteiger partial charge on any atom is 0.256 e. The van der Waals surface area contributed by atoms with Crippen LogP contribution in [0.15, 0.2) is 47.6 Å². The number of anilines is 1. The molecule has 0 unspecified atom stereocenters. The lowest BCUT2D eigenvalue weighted by molar-refractivity contribution is 0.102. The summed E-state index contributed by atoms with van der Waals surface area (Å²) in [5.41, 5.74) is 4.65. The Morgan fingerprint density at radius 2 is 1.62 bits per heavy atom. The predicted molar refractivity (Wildman–Crippen MR) is 84.3 cm³/mol. The fraction of sp³-hybridized carbons (Fsp3) is 0.176. The molecule has 2 N–H and O–H groups in total. The first-order chi connectivity index (χ1) is 10.0. The largest absolute Gasteiger partial charge is 0.411 e. The zero-order chi connectivity index (χ0) is 15.4. The number of hydrogen-bond acceptors (Lipinski definition) is 3. The number of benzene rings is 2. The quantitative estimate of drug-likeness (QED) is 0.511. The van der Waals surface area contributed by atoms with Crippen LogP contribution in [-0.2, 0) is 0 Å². The molecule has 0 aromatic heterocycles. The van der Waals surface area contributed by atoms with Crippen LogP contribution < -0.4 is 5.32 Å². The molecule has 108 valence electrons. The molecule has 0 fully saturated rings. The van der Waals surface area contributed by atoms with Gasteiger partial charge in [-0.2, -0.15) is 0 Å². The summed E-state index contributed by atoms with van der Waals surface area (Å²) in [4.78, 5) is 12.4. The van der Waals surface area contributed by atoms with E-state index in [-0.39, 0.29) is 5.91 Å². The highest BCUT2D eigenvalue weighted by atomic mass is 16.4. The van der Waals surface area contributed by atoms with Gasteiger partial charge < -0.3 is 10.5 Å². The molecule has 0 aliphatic rings. The van der Waals surface area contributed by atoms with E-state index in [2.05, 4.69) is 10.5 Å². The van der Waals surface area contributed by atoms with Gasteiger partial charge in [0.15, 0.2) is 0 Å². The van der Waals surface area contributed by atoms with Gasteiger partial charge in [0.05, 0.1) is 5.71 Å². The van der Waals surface area contributed by atoms with E-state index in [1.807, 2.05) is 32.0 Å². The summed E-state index contributed by atoms with van der Waals surface area (Å²) in [7, 11) is 0. The summed E-state index contributed by atoms with van der Waals surface area (Å²) in [6, 6.07) is 13.0. The fourth-order valence-electron chi connectivity index (χ4n) is 2.22. The van der Waals surface area contributed by atoms with Gasteiger partial charge in [-0.15, -0.1) is 0 Å². The first kappa shape index (κ1) is 14.8. The van der Waals surface area contributed by atoms with Crippen molar-refractivity contribution in [3.05, 3.63) is 64.7 Å². The van der Waals surface area contributed by atoms with Gasteiger partial charge in [0, 0.05) is 11.3 Å². The third-order valence-corrected chi connectivity index (χ3v) is 3.42. The Morgan fingerprint density at radius 3 is 2.14 bits per heavy atom. The Kier molecular flexibility index (Phi) is 4.38. The van der Waals surface area contributed by atoms with Crippen molar-refractivity contribution in [2.45, 2.75) is 20.8 Å². The number of carbonyl (C=O) groups is 1. The van der Waals surface area contributed by atoms with Gasteiger partial charge in [0.25, 0.3) is 5.91 Å². The number of nitrogens with one attached hydrogen (secondary N) is 1. The van der Waals surface area contributed by atoms with Crippen LogP contribution >= 0.6 is 0 Å². The third-order valence-electron chi connectivity index (χ3n) is 3.42. The molecule has 0 aliphatic heterocycles. The lowest BCUT2D eigenvalue weighted by atomic mass is 10.0. The minimum atomic E-state index is -0.120. The Hall–Kier alpha value is -2.62. The highest BCUT2D eigenvalue weighted by Gasteiger charge is 2.12. The summed E-state index contributed by atoms with van der Waals surface area (Å²) in [5.74, 6) is -0.120. The van der Waals surface area contributed by atoms with Crippen molar-refractivity contribution in [2.75, 3.05) is 5.32 Å². The Balaban J connectivity index is 2.20. The van der Waals surface area contributed by atoms with Crippen LogP contribution in [0.25, 0.3) is 0 Å². The van der Waals surface area contributed by atoms with Gasteiger partial charge in [0.2, 0.25) is 0 Å². The third kappa shape index (κ3) is 3.28. The zero-order valence-electron chi connectivity index (χ0n) is 12.3. The second kappa shape index (κ2) is 6.22. The van der Waals surface area contributed by atoms with E-state index in [0.717, 1.165) is 16.7 Å². The first-order valence-corrected chi connectivity index (χ1v) is 6.69. The second-order valence-electron chi connectivity index (χ2n) is 4.98. The van der Waals surface area contributed by atoms with Crippen molar-refractivity contribution in [3.8, 4) is 0 Å². The Morgan fingerprint density at radius 1 is 1.05 bits per heavy atom. The molecule has 0 heterocycles. The SMILES string of the molecule is C/C(=N/O)c1ccc(NC(=O)c2c(C)cccc2C)cc1. The molecule has 0 atom stereocenters. The maximum absolute atomic E-state index is 12.4. The van der Waals surface area contributed by atoms with Crippen LogP contribution in [-0.4, -0.2) is 16.8 Å². The van der Waals surface area contributed by atoms with Crippen LogP contribution in [0.1, 0.15) is 34.0 Å². The monoisotopic (exact) mass is 282 g/mol. The van der Waals surface area contributed by atoms with Gasteiger partial charge in [-0.05, 0) is 49.6 Å². The van der Waals surface area contributed by atoms with E-state index in [9.17, 15) is 4.79 Å². The van der Waals surface area contributed by atoms with Gasteiger partial charge in [-0.25, -0.2) is 0 Å². The second-order valence-corrected chi connectivity index (χ2v) is 4.98. The Labute approximate surface area is 124 Å². The normalized spacial score (nSPS) is 11.3. The van der Waals surface area contributed by atoms with E-state index >= 15 is 0 Å². The van der Waals surface area contributed by atoms with Crippen LogP contribution in [0.3, 0.4) is 0 Å². The Bertz CT molecular complexity index is 668. The molecule has 0 saturated carbocycles. The number of amides is 1. The van der Waals surface area contributed by atoms with Crippen molar-refractivity contribution in [1.82, 2.24) is 0 Å². The molecular weight excluding hydrogens is 264 g/mol. The minimum absolute atomic E-state index is 0.120. The number of carbonyl (C=O) groups excluding carboxylic acids is 1. The maximum atomic E-state index is 12.4. The van der Waals surface area contributed by atoms with Gasteiger partial charge in [-0.3, -0.25) is 4.79 Å². The predicted octanol–water partition coefficient (Wildman–Crippen LogP) is 3.75. The molecule has 2 aromatic carbocycles. The average Bonchev–Trinajstić information content (AvgIpc) is 2.47. The number of rotatable bonds is 3. The van der Waals surface area contributed by atoms with Gasteiger partial charge in [0.1, 0.15) is 0 Å². The van der Waals surface area contributed by atoms with Crippen molar-refractivity contribution in [1.29, 1.82) is 0 Å². The van der Waals surface area contributed by atoms with Crippen LogP contribution in [0.4, 0.5) is 5.69 Å². The fourth-order valence-corrected chi connectivity index (χ4v) is 2.22. The number of aryl methyl sites for hydroxylation is 2. The standard InChI is InChI=1S/C17H18N2O2/c1-11-5-4-6-12(2)16(11)17(20)18-15-9-7-14(8-10-15)13(3)19-21/h4-10,21H,1-3H3,(H,18,20)/b19-13-. The van der Waals surface area contributed by atoms with E-state index in [4.69, 9.17) is 5.21 Å². The smallest absolute Gasteiger partial charge is 0.256 e. The molecule has 0 saturated heterocycles. The highest BCUT2D eigenvalue weighted by Crippen LogP contribution is 2.17. The van der Waals surface area contributed by atoms with Crippen molar-refractivity contribution < 1.29 is 10.0 Å². The molecule has 2 rings (SSSR count). The molecule has 4 nitrogen and oxygen atoms in total. The number of hydrogen-bond donors (Lipinski definition) is 2. The van der Waals surface area contributed by atoms with E-state index in [1.165, 1.54) is 0 Å². The van der Waals surface area contributed by atoms with E-state index in [1.54, 1.807) is 31.2 Å². The van der Waals surface area contributed by atoms with Crippen LogP contribution in [0.5, 0.6) is 0 Å². The van der Waals surface area contributed by atoms with E-state index in [0.29, 0.717) is 17.0 Å². The number of nitrogens with zero attached hydrogens (tertiary/aromatic N) is 1. The molecule has 0 radical (unpaired) electrons. The van der Waals surface area contributed by atoms with Crippen molar-refractivity contribution in [2.24, 2.45) is 5.16 Å². The van der Waals surface area contributed by atoms with Gasteiger partial charge >= 0.3 is 0 Å². The van der Waals surface area contributed by atoms with Crippen molar-refractivity contribution in [3.63, 3.8) is 0 Å². The van der Waals surface area contributed by atoms with E-state index < -0.39 is 0 Å². The van der Waals surface area contributed by atoms with Gasteiger partial charge in [-0.1, -0.05) is 35.5 Å². The molecule has 0 aliphatic carbocycles. The first-order valence-electron chi connectivity index (χ1n) is 6.69. The molecule has 1 amide bonds. The summed E-state index contributed by atoms with van der Waals surface area (Å²) < 4.78 is 0. The van der Waals surface area contributed by atoms with Crippen molar-refractivity contribution >= 4 is 17.3 Å². The average molecular weight is 282 g/mol. The molecule has 21 heavy (non-hydrogen) atoms.